The molecule has 0 aromatic heterocycles. The molecular formula is C17H21NO2. The summed E-state index contributed by atoms with van der Waals surface area (Å²) < 4.78 is 0. The topological polar surface area (TPSA) is 40.5 Å². The van der Waals surface area contributed by atoms with Gasteiger partial charge in [-0.25, -0.2) is 0 Å². The first-order valence-electron chi connectivity index (χ1n) is 7.11. The Bertz CT molecular complexity index is 554. The van der Waals surface area contributed by atoms with E-state index in [1.54, 1.807) is 0 Å². The summed E-state index contributed by atoms with van der Waals surface area (Å²) in [5.74, 6) is 6.59. The third-order valence-corrected chi connectivity index (χ3v) is 3.50. The van der Waals surface area contributed by atoms with Gasteiger partial charge in [-0.05, 0) is 43.0 Å². The lowest BCUT2D eigenvalue weighted by molar-refractivity contribution is 0.0788. The molecule has 0 aliphatic carbocycles. The van der Waals surface area contributed by atoms with Crippen molar-refractivity contribution in [2.24, 2.45) is 5.92 Å². The minimum Gasteiger partial charge on any atom is -0.395 e. The van der Waals surface area contributed by atoms with E-state index in [-0.39, 0.29) is 12.5 Å². The second-order valence-electron chi connectivity index (χ2n) is 5.51. The van der Waals surface area contributed by atoms with E-state index in [0.717, 1.165) is 30.6 Å². The third kappa shape index (κ3) is 3.61. The molecule has 106 valence electrons. The fourth-order valence-electron chi connectivity index (χ4n) is 2.50. The lowest BCUT2D eigenvalue weighted by Gasteiger charge is -2.16. The van der Waals surface area contributed by atoms with Gasteiger partial charge < -0.3 is 10.0 Å². The van der Waals surface area contributed by atoms with Gasteiger partial charge in [-0.15, -0.1) is 0 Å². The van der Waals surface area contributed by atoms with E-state index in [4.69, 9.17) is 5.11 Å². The van der Waals surface area contributed by atoms with Gasteiger partial charge in [-0.1, -0.05) is 18.8 Å². The number of nitrogens with zero attached hydrogens (tertiary/aromatic N) is 1. The van der Waals surface area contributed by atoms with Gasteiger partial charge in [0.15, 0.2) is 0 Å². The predicted molar refractivity (Wildman–Crippen MR) is 79.4 cm³/mol. The molecule has 1 aromatic rings. The van der Waals surface area contributed by atoms with Crippen LogP contribution in [0.25, 0.3) is 0 Å². The number of aryl methyl sites for hydroxylation is 1. The van der Waals surface area contributed by atoms with Crippen molar-refractivity contribution in [2.75, 3.05) is 19.7 Å². The van der Waals surface area contributed by atoms with Crippen LogP contribution in [0, 0.1) is 24.7 Å². The summed E-state index contributed by atoms with van der Waals surface area (Å²) in [6, 6.07) is 5.74. The van der Waals surface area contributed by atoms with Crippen LogP contribution in [-0.4, -0.2) is 35.6 Å². The maximum Gasteiger partial charge on any atom is 0.253 e. The minimum absolute atomic E-state index is 0.0657. The van der Waals surface area contributed by atoms with Crippen LogP contribution >= 0.6 is 0 Å². The highest BCUT2D eigenvalue weighted by Crippen LogP contribution is 2.19. The summed E-state index contributed by atoms with van der Waals surface area (Å²) in [5, 5.41) is 8.75. The Morgan fingerprint density at radius 2 is 2.25 bits per heavy atom. The zero-order valence-electron chi connectivity index (χ0n) is 12.1. The zero-order valence-corrected chi connectivity index (χ0v) is 12.1. The monoisotopic (exact) mass is 271 g/mol. The second-order valence-corrected chi connectivity index (χ2v) is 5.51. The molecular weight excluding hydrogens is 250 g/mol. The highest BCUT2D eigenvalue weighted by Gasteiger charge is 2.24. The van der Waals surface area contributed by atoms with Gasteiger partial charge in [0.05, 0.1) is 6.61 Å². The second kappa shape index (κ2) is 6.58. The predicted octanol–water partition coefficient (Wildman–Crippen LogP) is 2.21. The summed E-state index contributed by atoms with van der Waals surface area (Å²) >= 11 is 0. The molecule has 1 N–H and O–H groups in total. The number of hydrogen-bond donors (Lipinski definition) is 1. The van der Waals surface area contributed by atoms with E-state index in [2.05, 4.69) is 18.8 Å². The number of amides is 1. The number of aliphatic hydroxyl groups is 1. The molecule has 1 amide bonds. The molecule has 1 aliphatic rings. The Morgan fingerprint density at radius 3 is 2.90 bits per heavy atom. The Morgan fingerprint density at radius 1 is 1.45 bits per heavy atom. The van der Waals surface area contributed by atoms with Gasteiger partial charge >= 0.3 is 0 Å². The highest BCUT2D eigenvalue weighted by atomic mass is 16.2. The van der Waals surface area contributed by atoms with E-state index in [9.17, 15) is 4.79 Å². The van der Waals surface area contributed by atoms with Gasteiger partial charge in [0.2, 0.25) is 0 Å². The number of rotatable bonds is 2. The third-order valence-electron chi connectivity index (χ3n) is 3.50. The summed E-state index contributed by atoms with van der Waals surface area (Å²) in [4.78, 5) is 14.4. The number of likely N-dealkylation sites (tertiary alicyclic amines) is 1. The van der Waals surface area contributed by atoms with Crippen LogP contribution in [0.1, 0.15) is 41.3 Å². The van der Waals surface area contributed by atoms with Crippen molar-refractivity contribution in [3.8, 4) is 11.8 Å². The maximum absolute atomic E-state index is 12.5. The molecule has 3 heteroatoms. The minimum atomic E-state index is 0.0657. The first-order valence-corrected chi connectivity index (χ1v) is 7.11. The largest absolute Gasteiger partial charge is 0.395 e. The van der Waals surface area contributed by atoms with Crippen molar-refractivity contribution >= 4 is 5.91 Å². The fraction of sp³-hybridized carbons (Fsp3) is 0.471. The van der Waals surface area contributed by atoms with E-state index < -0.39 is 0 Å². The molecule has 1 fully saturated rings. The highest BCUT2D eigenvalue weighted by molar-refractivity contribution is 5.95. The van der Waals surface area contributed by atoms with Gasteiger partial charge in [-0.2, -0.15) is 0 Å². The van der Waals surface area contributed by atoms with Crippen molar-refractivity contribution in [3.05, 3.63) is 34.9 Å². The molecule has 1 atom stereocenters. The Labute approximate surface area is 120 Å². The molecule has 0 bridgehead atoms. The van der Waals surface area contributed by atoms with Gasteiger partial charge in [0.1, 0.15) is 0 Å². The van der Waals surface area contributed by atoms with Crippen LogP contribution in [0.3, 0.4) is 0 Å². The summed E-state index contributed by atoms with van der Waals surface area (Å²) in [5.41, 5.74) is 2.60. The normalized spacial score (nSPS) is 17.8. The van der Waals surface area contributed by atoms with Crippen LogP contribution < -0.4 is 0 Å². The number of aliphatic hydroxyl groups excluding tert-OH is 1. The quantitative estimate of drug-likeness (QED) is 0.838. The first kappa shape index (κ1) is 14.6. The van der Waals surface area contributed by atoms with Crippen LogP contribution in [0.2, 0.25) is 0 Å². The van der Waals surface area contributed by atoms with Crippen molar-refractivity contribution in [1.82, 2.24) is 4.90 Å². The Hall–Kier alpha value is -1.79. The first-order chi connectivity index (χ1) is 9.60. The lowest BCUT2D eigenvalue weighted by Crippen LogP contribution is -2.28. The van der Waals surface area contributed by atoms with E-state index in [1.807, 2.05) is 30.0 Å². The van der Waals surface area contributed by atoms with Crippen LogP contribution in [-0.2, 0) is 0 Å². The van der Waals surface area contributed by atoms with E-state index >= 15 is 0 Å². The summed E-state index contributed by atoms with van der Waals surface area (Å²) in [6.45, 7) is 5.91. The van der Waals surface area contributed by atoms with Crippen molar-refractivity contribution in [3.63, 3.8) is 0 Å². The standard InChI is InChI=1S/C17H21NO2/c1-13-6-7-18(12-13)17(20)16-10-14(2)9-15(11-16)5-3-4-8-19/h9-11,13,19H,4,6-8,12H2,1-2H3. The molecule has 1 aromatic carbocycles. The number of benzene rings is 1. The summed E-state index contributed by atoms with van der Waals surface area (Å²) in [6.07, 6.45) is 1.54. The number of carbonyl (C=O) groups excluding carboxylic acids is 1. The summed E-state index contributed by atoms with van der Waals surface area (Å²) in [7, 11) is 0. The maximum atomic E-state index is 12.5. The molecule has 0 saturated carbocycles. The van der Waals surface area contributed by atoms with Gasteiger partial charge in [0.25, 0.3) is 5.91 Å². The average molecular weight is 271 g/mol. The molecule has 1 unspecified atom stereocenters. The Balaban J connectivity index is 2.19. The molecule has 2 rings (SSSR count). The smallest absolute Gasteiger partial charge is 0.253 e. The van der Waals surface area contributed by atoms with Crippen LogP contribution in [0.15, 0.2) is 18.2 Å². The molecule has 1 saturated heterocycles. The van der Waals surface area contributed by atoms with E-state index in [0.29, 0.717) is 17.9 Å². The molecule has 3 nitrogen and oxygen atoms in total. The van der Waals surface area contributed by atoms with E-state index in [1.165, 1.54) is 0 Å². The molecule has 1 aliphatic heterocycles. The SMILES string of the molecule is Cc1cc(C#CCCO)cc(C(=O)N2CCC(C)C2)c1. The van der Waals surface area contributed by atoms with Gasteiger partial charge in [-0.3, -0.25) is 4.79 Å². The van der Waals surface area contributed by atoms with Crippen LogP contribution in [0.5, 0.6) is 0 Å². The van der Waals surface area contributed by atoms with Crippen molar-refractivity contribution in [2.45, 2.75) is 26.7 Å². The fourth-order valence-corrected chi connectivity index (χ4v) is 2.50. The Kier molecular flexibility index (Phi) is 4.81. The zero-order chi connectivity index (χ0) is 14.5. The molecule has 0 radical (unpaired) electrons. The molecule has 0 spiro atoms. The number of carbonyl (C=O) groups is 1. The van der Waals surface area contributed by atoms with Gasteiger partial charge in [0, 0.05) is 30.6 Å². The lowest BCUT2D eigenvalue weighted by atomic mass is 10.1. The number of hydrogen-bond acceptors (Lipinski definition) is 2. The molecule has 1 heterocycles. The van der Waals surface area contributed by atoms with Crippen LogP contribution in [0.4, 0.5) is 0 Å². The van der Waals surface area contributed by atoms with Crippen molar-refractivity contribution < 1.29 is 9.90 Å². The average Bonchev–Trinajstić information content (AvgIpc) is 2.84. The molecule has 20 heavy (non-hydrogen) atoms. The van der Waals surface area contributed by atoms with Crippen molar-refractivity contribution in [1.29, 1.82) is 0 Å².